The molecule has 6 heteroatoms. The van der Waals surface area contributed by atoms with Gasteiger partial charge in [-0.15, -0.1) is 0 Å². The lowest BCUT2D eigenvalue weighted by molar-refractivity contribution is -0.885. The molecule has 2 aromatic carbocycles. The number of methoxy groups -OCH3 is 1. The van der Waals surface area contributed by atoms with Crippen molar-refractivity contribution in [1.29, 1.82) is 0 Å². The van der Waals surface area contributed by atoms with Crippen molar-refractivity contribution in [3.8, 4) is 5.75 Å². The summed E-state index contributed by atoms with van der Waals surface area (Å²) in [4.78, 5) is 13.1. The molecule has 0 heterocycles. The monoisotopic (exact) mass is 353 g/mol. The Balaban J connectivity index is 1.94. The van der Waals surface area contributed by atoms with Gasteiger partial charge in [-0.2, -0.15) is 0 Å². The quantitative estimate of drug-likeness (QED) is 0.838. The summed E-state index contributed by atoms with van der Waals surface area (Å²) in [5.41, 5.74) is 1.56. The van der Waals surface area contributed by atoms with Gasteiger partial charge in [0.05, 0.1) is 24.2 Å². The number of carbonyl (C=O) groups excluding carboxylic acids is 1. The predicted molar refractivity (Wildman–Crippen MR) is 93.5 cm³/mol. The number of nitrogens with one attached hydrogen (secondary N) is 2. The van der Waals surface area contributed by atoms with E-state index in [0.29, 0.717) is 34.6 Å². The third kappa shape index (κ3) is 5.13. The van der Waals surface area contributed by atoms with Crippen LogP contribution in [0.15, 0.2) is 42.5 Å². The zero-order chi connectivity index (χ0) is 16.8. The van der Waals surface area contributed by atoms with Gasteiger partial charge in [-0.1, -0.05) is 35.3 Å². The third-order valence-electron chi connectivity index (χ3n) is 3.36. The topological polar surface area (TPSA) is 42.8 Å². The molecule has 2 rings (SSSR count). The second-order valence-corrected chi connectivity index (χ2v) is 6.11. The van der Waals surface area contributed by atoms with E-state index in [9.17, 15) is 4.79 Å². The summed E-state index contributed by atoms with van der Waals surface area (Å²) in [6, 6.07) is 12.7. The van der Waals surface area contributed by atoms with Crippen molar-refractivity contribution in [3.63, 3.8) is 0 Å². The Hall–Kier alpha value is -1.75. The molecule has 1 unspecified atom stereocenters. The maximum Gasteiger partial charge on any atom is 0.279 e. The minimum atomic E-state index is -0.0843. The first-order valence-corrected chi connectivity index (χ1v) is 7.93. The van der Waals surface area contributed by atoms with E-state index in [0.717, 1.165) is 10.5 Å². The normalized spacial score (nSPS) is 11.8. The van der Waals surface area contributed by atoms with E-state index in [2.05, 4.69) is 5.32 Å². The van der Waals surface area contributed by atoms with Crippen molar-refractivity contribution >= 4 is 34.8 Å². The number of ether oxygens (including phenoxy) is 1. The van der Waals surface area contributed by atoms with Crippen molar-refractivity contribution in [3.05, 3.63) is 58.1 Å². The van der Waals surface area contributed by atoms with Gasteiger partial charge in [0.15, 0.2) is 6.54 Å². The Labute approximate surface area is 146 Å². The molecule has 0 radical (unpaired) electrons. The minimum absolute atomic E-state index is 0.0843. The van der Waals surface area contributed by atoms with E-state index in [1.807, 2.05) is 25.2 Å². The van der Waals surface area contributed by atoms with Crippen LogP contribution >= 0.6 is 23.2 Å². The second kappa shape index (κ2) is 8.20. The lowest BCUT2D eigenvalue weighted by atomic mass is 10.2. The van der Waals surface area contributed by atoms with Crippen molar-refractivity contribution in [2.24, 2.45) is 0 Å². The van der Waals surface area contributed by atoms with Crippen LogP contribution in [0.3, 0.4) is 0 Å². The van der Waals surface area contributed by atoms with E-state index >= 15 is 0 Å². The van der Waals surface area contributed by atoms with E-state index in [4.69, 9.17) is 27.9 Å². The SMILES string of the molecule is COc1cccc(NC(=O)C[NH+](C)Cc2c(Cl)cccc2Cl)c1. The molecule has 0 aliphatic rings. The maximum atomic E-state index is 12.1. The fourth-order valence-electron chi connectivity index (χ4n) is 2.25. The lowest BCUT2D eigenvalue weighted by Crippen LogP contribution is -3.08. The van der Waals surface area contributed by atoms with Gasteiger partial charge in [0.2, 0.25) is 0 Å². The average Bonchev–Trinajstić information content (AvgIpc) is 2.51. The molecule has 0 fully saturated rings. The summed E-state index contributed by atoms with van der Waals surface area (Å²) in [6.45, 7) is 0.878. The van der Waals surface area contributed by atoms with Gasteiger partial charge in [-0.3, -0.25) is 4.79 Å². The molecule has 4 nitrogen and oxygen atoms in total. The van der Waals surface area contributed by atoms with Crippen LogP contribution in [0.1, 0.15) is 5.56 Å². The number of carbonyl (C=O) groups is 1. The van der Waals surface area contributed by atoms with E-state index in [1.165, 1.54) is 0 Å². The molecule has 0 bridgehead atoms. The van der Waals surface area contributed by atoms with Crippen LogP contribution < -0.4 is 15.0 Å². The number of hydrogen-bond acceptors (Lipinski definition) is 2. The Kier molecular flexibility index (Phi) is 6.28. The van der Waals surface area contributed by atoms with Gasteiger partial charge in [0, 0.05) is 17.3 Å². The van der Waals surface area contributed by atoms with Crippen molar-refractivity contribution in [1.82, 2.24) is 0 Å². The number of likely N-dealkylation sites (N-methyl/N-ethyl adjacent to an activating group) is 1. The number of hydrogen-bond donors (Lipinski definition) is 2. The lowest BCUT2D eigenvalue weighted by Gasteiger charge is -2.15. The van der Waals surface area contributed by atoms with Crippen molar-refractivity contribution < 1.29 is 14.4 Å². The van der Waals surface area contributed by atoms with Gasteiger partial charge in [-0.05, 0) is 24.3 Å². The minimum Gasteiger partial charge on any atom is -0.497 e. The van der Waals surface area contributed by atoms with Crippen LogP contribution in [0, 0.1) is 0 Å². The Morgan fingerprint density at radius 3 is 2.48 bits per heavy atom. The van der Waals surface area contributed by atoms with E-state index in [-0.39, 0.29) is 5.91 Å². The first kappa shape index (κ1) is 17.6. The average molecular weight is 354 g/mol. The van der Waals surface area contributed by atoms with Crippen LogP contribution in [-0.2, 0) is 11.3 Å². The summed E-state index contributed by atoms with van der Waals surface area (Å²) in [5.74, 6) is 0.616. The molecule has 0 aromatic heterocycles. The van der Waals surface area contributed by atoms with Gasteiger partial charge >= 0.3 is 0 Å². The van der Waals surface area contributed by atoms with Gasteiger partial charge in [0.1, 0.15) is 12.3 Å². The van der Waals surface area contributed by atoms with Gasteiger partial charge in [-0.25, -0.2) is 0 Å². The number of amides is 1. The van der Waals surface area contributed by atoms with Gasteiger partial charge < -0.3 is 15.0 Å². The van der Waals surface area contributed by atoms with Crippen LogP contribution in [-0.4, -0.2) is 26.6 Å². The summed E-state index contributed by atoms with van der Waals surface area (Å²) < 4.78 is 5.14. The fraction of sp³-hybridized carbons (Fsp3) is 0.235. The molecule has 0 aliphatic heterocycles. The molecular weight excluding hydrogens is 335 g/mol. The number of rotatable bonds is 6. The standard InChI is InChI=1S/C17H18Cl2N2O2/c1-21(10-14-15(18)7-4-8-16(14)19)11-17(22)20-12-5-3-6-13(9-12)23-2/h3-9H,10-11H2,1-2H3,(H,20,22)/p+1. The van der Waals surface area contributed by atoms with E-state index < -0.39 is 0 Å². The first-order valence-electron chi connectivity index (χ1n) is 7.17. The molecule has 122 valence electrons. The van der Waals surface area contributed by atoms with Crippen molar-refractivity contribution in [2.75, 3.05) is 26.0 Å². The molecule has 23 heavy (non-hydrogen) atoms. The number of anilines is 1. The van der Waals surface area contributed by atoms with Crippen LogP contribution in [0.5, 0.6) is 5.75 Å². The number of benzene rings is 2. The fourth-order valence-corrected chi connectivity index (χ4v) is 2.78. The molecule has 2 N–H and O–H groups in total. The highest BCUT2D eigenvalue weighted by atomic mass is 35.5. The highest BCUT2D eigenvalue weighted by Crippen LogP contribution is 2.23. The molecule has 0 saturated heterocycles. The Bertz CT molecular complexity index is 672. The zero-order valence-corrected chi connectivity index (χ0v) is 14.5. The summed E-state index contributed by atoms with van der Waals surface area (Å²) in [7, 11) is 3.51. The van der Waals surface area contributed by atoms with Crippen LogP contribution in [0.2, 0.25) is 10.0 Å². The predicted octanol–water partition coefficient (Wildman–Crippen LogP) is 2.66. The van der Waals surface area contributed by atoms with Crippen molar-refractivity contribution in [2.45, 2.75) is 6.54 Å². The smallest absolute Gasteiger partial charge is 0.279 e. The molecular formula is C17H19Cl2N2O2+. The molecule has 1 amide bonds. The highest BCUT2D eigenvalue weighted by molar-refractivity contribution is 6.35. The van der Waals surface area contributed by atoms with E-state index in [1.54, 1.807) is 31.4 Å². The molecule has 0 aliphatic carbocycles. The van der Waals surface area contributed by atoms with Gasteiger partial charge in [0.25, 0.3) is 5.91 Å². The highest BCUT2D eigenvalue weighted by Gasteiger charge is 2.15. The number of quaternary nitrogens is 1. The molecule has 1 atom stereocenters. The second-order valence-electron chi connectivity index (χ2n) is 5.29. The van der Waals surface area contributed by atoms with Crippen LogP contribution in [0.25, 0.3) is 0 Å². The Morgan fingerprint density at radius 1 is 1.17 bits per heavy atom. The number of halogens is 2. The maximum absolute atomic E-state index is 12.1. The summed E-state index contributed by atoms with van der Waals surface area (Å²) in [5, 5.41) is 4.09. The first-order chi connectivity index (χ1) is 11.0. The molecule has 0 saturated carbocycles. The molecule has 2 aromatic rings. The summed E-state index contributed by atoms with van der Waals surface area (Å²) in [6.07, 6.45) is 0. The zero-order valence-electron chi connectivity index (χ0n) is 13.0. The van der Waals surface area contributed by atoms with Crippen LogP contribution in [0.4, 0.5) is 5.69 Å². The largest absolute Gasteiger partial charge is 0.497 e. The third-order valence-corrected chi connectivity index (χ3v) is 4.06. The summed E-state index contributed by atoms with van der Waals surface area (Å²) >= 11 is 12.3. The Morgan fingerprint density at radius 2 is 1.83 bits per heavy atom. The molecule has 0 spiro atoms.